The van der Waals surface area contributed by atoms with Crippen molar-refractivity contribution in [1.82, 2.24) is 0 Å². The topological polar surface area (TPSA) is 77.5 Å². The van der Waals surface area contributed by atoms with Gasteiger partial charge in [-0.05, 0) is 29.3 Å². The summed E-state index contributed by atoms with van der Waals surface area (Å²) in [4.78, 5) is 15.0. The first kappa shape index (κ1) is 25.5. The van der Waals surface area contributed by atoms with E-state index < -0.39 is 6.04 Å². The van der Waals surface area contributed by atoms with Crippen molar-refractivity contribution in [2.24, 2.45) is 0 Å². The molecule has 1 amide bonds. The molecule has 7 nitrogen and oxygen atoms in total. The molecule has 3 aromatic carbocycles. The summed E-state index contributed by atoms with van der Waals surface area (Å²) in [5.74, 6) is 1.52. The zero-order valence-electron chi connectivity index (χ0n) is 20.9. The number of amides is 1. The number of methoxy groups -OCH3 is 4. The van der Waals surface area contributed by atoms with Crippen molar-refractivity contribution in [2.75, 3.05) is 33.3 Å². The van der Waals surface area contributed by atoms with E-state index in [1.807, 2.05) is 56.3 Å². The third kappa shape index (κ3) is 4.89. The maximum atomic E-state index is 13.4. The summed E-state index contributed by atoms with van der Waals surface area (Å²) in [6.45, 7) is 4.00. The Hall–Kier alpha value is -4.13. The van der Waals surface area contributed by atoms with Crippen LogP contribution in [0, 0.1) is 0 Å². The molecule has 1 atom stereocenters. The molecule has 184 valence electrons. The molecule has 1 fully saturated rings. The lowest BCUT2D eigenvalue weighted by atomic mass is 9.85. The van der Waals surface area contributed by atoms with Crippen LogP contribution in [-0.4, -0.2) is 39.5 Å². The van der Waals surface area contributed by atoms with Crippen LogP contribution < -0.4 is 23.8 Å². The minimum atomic E-state index is -0.433. The molecule has 1 aliphatic rings. The van der Waals surface area contributed by atoms with Crippen LogP contribution in [-0.2, 0) is 4.79 Å². The van der Waals surface area contributed by atoms with Crippen molar-refractivity contribution >= 4 is 17.7 Å². The Morgan fingerprint density at radius 3 is 1.91 bits per heavy atom. The minimum Gasteiger partial charge on any atom is -0.504 e. The quantitative estimate of drug-likeness (QED) is 0.351. The van der Waals surface area contributed by atoms with Gasteiger partial charge in [0.05, 0.1) is 40.2 Å². The van der Waals surface area contributed by atoms with Crippen LogP contribution in [0.1, 0.15) is 31.0 Å². The van der Waals surface area contributed by atoms with Crippen LogP contribution in [0.5, 0.6) is 28.7 Å². The van der Waals surface area contributed by atoms with Gasteiger partial charge in [-0.1, -0.05) is 50.2 Å². The monoisotopic (exact) mass is 477 g/mol. The van der Waals surface area contributed by atoms with Gasteiger partial charge in [0, 0.05) is 17.7 Å². The van der Waals surface area contributed by atoms with E-state index in [1.165, 1.54) is 28.4 Å². The summed E-state index contributed by atoms with van der Waals surface area (Å²) in [6.07, 6.45) is 1.86. The normalized spacial score (nSPS) is 15.6. The van der Waals surface area contributed by atoms with Crippen molar-refractivity contribution < 1.29 is 28.8 Å². The summed E-state index contributed by atoms with van der Waals surface area (Å²) >= 11 is 0. The van der Waals surface area contributed by atoms with Gasteiger partial charge in [0.15, 0.2) is 23.0 Å². The number of carbonyl (C=O) groups is 1. The zero-order chi connectivity index (χ0) is 25.5. The third-order valence-corrected chi connectivity index (χ3v) is 5.59. The number of rotatable bonds is 7. The van der Waals surface area contributed by atoms with Crippen molar-refractivity contribution in [3.05, 3.63) is 77.4 Å². The van der Waals surface area contributed by atoms with Gasteiger partial charge in [-0.15, -0.1) is 0 Å². The number of β-lactam (4-membered cyclic amide) rings is 1. The van der Waals surface area contributed by atoms with Gasteiger partial charge in [0.2, 0.25) is 5.75 Å². The van der Waals surface area contributed by atoms with Gasteiger partial charge in [-0.25, -0.2) is 0 Å². The highest BCUT2D eigenvalue weighted by Crippen LogP contribution is 2.49. The van der Waals surface area contributed by atoms with E-state index in [0.717, 1.165) is 11.1 Å². The first-order valence-corrected chi connectivity index (χ1v) is 11.3. The first-order valence-electron chi connectivity index (χ1n) is 11.3. The van der Waals surface area contributed by atoms with Gasteiger partial charge in [0.25, 0.3) is 5.91 Å². The number of ether oxygens (including phenoxy) is 4. The largest absolute Gasteiger partial charge is 0.504 e. The SMILES string of the molecule is CC.COc1ccc([C@H]2/C(=C/c3ccccc3)C(=O)N2c2cc(OC)c(OC)c(OC)c2)cc1O. The van der Waals surface area contributed by atoms with Gasteiger partial charge in [0.1, 0.15) is 0 Å². The fraction of sp³-hybridized carbons (Fsp3) is 0.250. The van der Waals surface area contributed by atoms with E-state index >= 15 is 0 Å². The molecule has 0 aliphatic carbocycles. The maximum absolute atomic E-state index is 13.4. The van der Waals surface area contributed by atoms with E-state index in [-0.39, 0.29) is 11.7 Å². The Balaban J connectivity index is 0.00000167. The summed E-state index contributed by atoms with van der Waals surface area (Å²) in [5.41, 5.74) is 2.83. The summed E-state index contributed by atoms with van der Waals surface area (Å²) in [6, 6.07) is 17.8. The molecular weight excluding hydrogens is 446 g/mol. The molecule has 0 bridgehead atoms. The number of phenols is 1. The second-order valence-electron chi connectivity index (χ2n) is 7.40. The minimum absolute atomic E-state index is 0.00162. The second-order valence-corrected chi connectivity index (χ2v) is 7.40. The van der Waals surface area contributed by atoms with Crippen molar-refractivity contribution in [3.8, 4) is 28.7 Å². The summed E-state index contributed by atoms with van der Waals surface area (Å²) in [7, 11) is 6.07. The molecule has 0 saturated carbocycles. The molecular formula is C28H31NO6. The Morgan fingerprint density at radius 2 is 1.40 bits per heavy atom. The predicted octanol–water partition coefficient (Wildman–Crippen LogP) is 5.62. The fourth-order valence-corrected chi connectivity index (χ4v) is 3.99. The molecule has 0 radical (unpaired) electrons. The molecule has 0 aromatic heterocycles. The first-order chi connectivity index (χ1) is 17.0. The van der Waals surface area contributed by atoms with Crippen LogP contribution in [0.3, 0.4) is 0 Å². The average molecular weight is 478 g/mol. The van der Waals surface area contributed by atoms with Crippen LogP contribution in [0.2, 0.25) is 0 Å². The van der Waals surface area contributed by atoms with Crippen LogP contribution in [0.15, 0.2) is 66.2 Å². The van der Waals surface area contributed by atoms with Crippen molar-refractivity contribution in [3.63, 3.8) is 0 Å². The molecule has 7 heteroatoms. The number of hydrogen-bond acceptors (Lipinski definition) is 6. The van der Waals surface area contributed by atoms with Crippen LogP contribution >= 0.6 is 0 Å². The van der Waals surface area contributed by atoms with E-state index in [4.69, 9.17) is 18.9 Å². The molecule has 0 spiro atoms. The maximum Gasteiger partial charge on any atom is 0.257 e. The Bertz CT molecular complexity index is 1180. The van der Waals surface area contributed by atoms with E-state index in [1.54, 1.807) is 29.2 Å². The lowest BCUT2D eigenvalue weighted by Gasteiger charge is -2.43. The third-order valence-electron chi connectivity index (χ3n) is 5.59. The standard InChI is InChI=1S/C26H25NO6.C2H6/c1-30-21-11-10-17(13-20(21)28)24-19(12-16-8-6-5-7-9-16)26(29)27(24)18-14-22(31-2)25(33-4)23(15-18)32-3;1-2/h5-15,24,28H,1-4H3;1-2H3/b19-12-;/t24-;/m0./s1. The average Bonchev–Trinajstić information content (AvgIpc) is 2.91. The number of hydrogen-bond donors (Lipinski definition) is 1. The smallest absolute Gasteiger partial charge is 0.257 e. The molecule has 1 heterocycles. The number of carbonyl (C=O) groups excluding carboxylic acids is 1. The van der Waals surface area contributed by atoms with Gasteiger partial charge in [-0.3, -0.25) is 9.69 Å². The van der Waals surface area contributed by atoms with E-state index in [2.05, 4.69) is 0 Å². The van der Waals surface area contributed by atoms with Crippen molar-refractivity contribution in [1.29, 1.82) is 0 Å². The van der Waals surface area contributed by atoms with Gasteiger partial charge >= 0.3 is 0 Å². The second kappa shape index (κ2) is 11.3. The van der Waals surface area contributed by atoms with E-state index in [9.17, 15) is 9.90 Å². The molecule has 0 unspecified atom stereocenters. The molecule has 1 saturated heterocycles. The molecule has 3 aromatic rings. The molecule has 1 N–H and O–H groups in total. The number of anilines is 1. The van der Waals surface area contributed by atoms with Crippen molar-refractivity contribution in [2.45, 2.75) is 19.9 Å². The van der Waals surface area contributed by atoms with Gasteiger partial charge in [-0.2, -0.15) is 0 Å². The number of phenolic OH excluding ortho intramolecular Hbond substituents is 1. The highest BCUT2D eigenvalue weighted by molar-refractivity contribution is 6.18. The molecule has 35 heavy (non-hydrogen) atoms. The van der Waals surface area contributed by atoms with Gasteiger partial charge < -0.3 is 24.1 Å². The number of aromatic hydroxyl groups is 1. The highest BCUT2D eigenvalue weighted by atomic mass is 16.5. The molecule has 1 aliphatic heterocycles. The van der Waals surface area contributed by atoms with Crippen LogP contribution in [0.4, 0.5) is 5.69 Å². The Morgan fingerprint density at radius 1 is 0.800 bits per heavy atom. The number of benzene rings is 3. The summed E-state index contributed by atoms with van der Waals surface area (Å²) in [5, 5.41) is 10.4. The summed E-state index contributed by atoms with van der Waals surface area (Å²) < 4.78 is 21.5. The number of nitrogens with zero attached hydrogens (tertiary/aromatic N) is 1. The predicted molar refractivity (Wildman–Crippen MR) is 137 cm³/mol. The lowest BCUT2D eigenvalue weighted by Crippen LogP contribution is -2.49. The Kier molecular flexibility index (Phi) is 8.25. The lowest BCUT2D eigenvalue weighted by molar-refractivity contribution is -0.118. The highest BCUT2D eigenvalue weighted by Gasteiger charge is 2.44. The van der Waals surface area contributed by atoms with Crippen LogP contribution in [0.25, 0.3) is 6.08 Å². The molecule has 4 rings (SSSR count). The Labute approximate surface area is 206 Å². The van der Waals surface area contributed by atoms with E-state index in [0.29, 0.717) is 34.3 Å². The zero-order valence-corrected chi connectivity index (χ0v) is 20.9. The fourth-order valence-electron chi connectivity index (χ4n) is 3.99.